The molecule has 1 aromatic rings. The molecule has 19 heavy (non-hydrogen) atoms. The summed E-state index contributed by atoms with van der Waals surface area (Å²) in [5, 5.41) is 3.02. The van der Waals surface area contributed by atoms with E-state index in [2.05, 4.69) is 5.32 Å². The van der Waals surface area contributed by atoms with Crippen molar-refractivity contribution in [1.82, 2.24) is 5.32 Å². The van der Waals surface area contributed by atoms with Gasteiger partial charge in [-0.25, -0.2) is 0 Å². The highest BCUT2D eigenvalue weighted by Gasteiger charge is 2.27. The first-order chi connectivity index (χ1) is 8.89. The predicted octanol–water partition coefficient (Wildman–Crippen LogP) is 3.31. The lowest BCUT2D eigenvalue weighted by atomic mass is 10.1. The largest absolute Gasteiger partial charge is 0.496 e. The van der Waals surface area contributed by atoms with Crippen LogP contribution in [0.5, 0.6) is 11.5 Å². The van der Waals surface area contributed by atoms with Crippen molar-refractivity contribution in [2.75, 3.05) is 20.8 Å². The number of alkyl halides is 3. The van der Waals surface area contributed by atoms with Crippen LogP contribution in [-0.4, -0.2) is 26.9 Å². The number of methoxy groups -OCH3 is 1. The molecule has 0 saturated carbocycles. The van der Waals surface area contributed by atoms with Gasteiger partial charge in [-0.15, -0.1) is 0 Å². The van der Waals surface area contributed by atoms with Crippen molar-refractivity contribution in [3.8, 4) is 11.5 Å². The van der Waals surface area contributed by atoms with E-state index < -0.39 is 19.2 Å². The number of rotatable bonds is 6. The Balaban J connectivity index is 2.87. The van der Waals surface area contributed by atoms with Crippen LogP contribution in [0.2, 0.25) is 0 Å². The molecule has 1 unspecified atom stereocenters. The van der Waals surface area contributed by atoms with E-state index in [0.717, 1.165) is 5.56 Å². The van der Waals surface area contributed by atoms with Gasteiger partial charge in [0.2, 0.25) is 0 Å². The molecular formula is C13H18F3NO2. The van der Waals surface area contributed by atoms with Gasteiger partial charge in [0.1, 0.15) is 11.5 Å². The molecule has 0 aliphatic rings. The molecule has 1 atom stereocenters. The van der Waals surface area contributed by atoms with Gasteiger partial charge in [-0.1, -0.05) is 6.07 Å². The Morgan fingerprint density at radius 2 is 1.89 bits per heavy atom. The molecule has 0 fully saturated rings. The van der Waals surface area contributed by atoms with Crippen molar-refractivity contribution in [2.45, 2.75) is 25.6 Å². The van der Waals surface area contributed by atoms with Crippen molar-refractivity contribution in [3.05, 3.63) is 23.8 Å². The lowest BCUT2D eigenvalue weighted by Gasteiger charge is -2.19. The van der Waals surface area contributed by atoms with Crippen LogP contribution in [0.4, 0.5) is 13.2 Å². The zero-order chi connectivity index (χ0) is 14.5. The second-order valence-corrected chi connectivity index (χ2v) is 4.10. The Kier molecular flexibility index (Phi) is 5.47. The van der Waals surface area contributed by atoms with E-state index in [9.17, 15) is 13.2 Å². The van der Waals surface area contributed by atoms with Crippen LogP contribution in [0.15, 0.2) is 18.2 Å². The Labute approximate surface area is 110 Å². The lowest BCUT2D eigenvalue weighted by molar-refractivity contribution is -0.139. The monoisotopic (exact) mass is 277 g/mol. The van der Waals surface area contributed by atoms with E-state index in [1.54, 1.807) is 25.2 Å². The first-order valence-corrected chi connectivity index (χ1v) is 5.92. The molecule has 1 aromatic carbocycles. The number of halogens is 3. The zero-order valence-electron chi connectivity index (χ0n) is 11.2. The fraction of sp³-hybridized carbons (Fsp3) is 0.538. The lowest BCUT2D eigenvalue weighted by Crippen LogP contribution is -2.17. The summed E-state index contributed by atoms with van der Waals surface area (Å²) in [4.78, 5) is 0. The zero-order valence-corrected chi connectivity index (χ0v) is 11.2. The van der Waals surface area contributed by atoms with E-state index in [-0.39, 0.29) is 6.04 Å². The van der Waals surface area contributed by atoms with E-state index in [4.69, 9.17) is 9.47 Å². The average molecular weight is 277 g/mol. The van der Waals surface area contributed by atoms with E-state index >= 15 is 0 Å². The third-order valence-electron chi connectivity index (χ3n) is 2.76. The van der Waals surface area contributed by atoms with E-state index in [1.165, 1.54) is 7.11 Å². The van der Waals surface area contributed by atoms with Crippen molar-refractivity contribution in [1.29, 1.82) is 0 Å². The Bertz CT molecular complexity index is 407. The molecule has 0 heterocycles. The molecule has 1 rings (SSSR count). The molecule has 0 aliphatic heterocycles. The van der Waals surface area contributed by atoms with Gasteiger partial charge < -0.3 is 14.8 Å². The third-order valence-corrected chi connectivity index (χ3v) is 2.76. The molecule has 0 aliphatic carbocycles. The van der Waals surface area contributed by atoms with Gasteiger partial charge in [-0.05, 0) is 26.1 Å². The smallest absolute Gasteiger partial charge is 0.392 e. The van der Waals surface area contributed by atoms with E-state index in [1.807, 2.05) is 6.92 Å². The quantitative estimate of drug-likeness (QED) is 0.865. The highest BCUT2D eigenvalue weighted by atomic mass is 19.4. The first kappa shape index (κ1) is 15.6. The number of hydrogen-bond acceptors (Lipinski definition) is 3. The average Bonchev–Trinajstić information content (AvgIpc) is 2.36. The standard InChI is InChI=1S/C13H18F3NO2/c1-9(17-2)12-10(18-3)5-4-6-11(12)19-8-7-13(14,15)16/h4-6,9,17H,7-8H2,1-3H3. The number of ether oxygens (including phenoxy) is 2. The maximum Gasteiger partial charge on any atom is 0.392 e. The van der Waals surface area contributed by atoms with Crippen LogP contribution in [0.1, 0.15) is 24.9 Å². The maximum absolute atomic E-state index is 12.1. The van der Waals surface area contributed by atoms with Crippen molar-refractivity contribution in [3.63, 3.8) is 0 Å². The summed E-state index contributed by atoms with van der Waals surface area (Å²) < 4.78 is 46.8. The Hall–Kier alpha value is -1.43. The summed E-state index contributed by atoms with van der Waals surface area (Å²) in [6.07, 6.45) is -5.19. The van der Waals surface area contributed by atoms with Crippen LogP contribution >= 0.6 is 0 Å². The molecule has 0 aromatic heterocycles. The summed E-state index contributed by atoms with van der Waals surface area (Å²) in [5.74, 6) is 0.997. The first-order valence-electron chi connectivity index (χ1n) is 5.92. The number of benzene rings is 1. The number of nitrogens with one attached hydrogen (secondary N) is 1. The van der Waals surface area contributed by atoms with Crippen molar-refractivity contribution >= 4 is 0 Å². The minimum absolute atomic E-state index is 0.0861. The molecule has 0 amide bonds. The highest BCUT2D eigenvalue weighted by molar-refractivity contribution is 5.46. The minimum atomic E-state index is -4.21. The summed E-state index contributed by atoms with van der Waals surface area (Å²) in [7, 11) is 3.28. The Morgan fingerprint density at radius 1 is 1.26 bits per heavy atom. The fourth-order valence-electron chi connectivity index (χ4n) is 1.68. The Morgan fingerprint density at radius 3 is 2.42 bits per heavy atom. The van der Waals surface area contributed by atoms with Gasteiger partial charge in [0.25, 0.3) is 0 Å². The van der Waals surface area contributed by atoms with Crippen LogP contribution in [-0.2, 0) is 0 Å². The molecule has 108 valence electrons. The second-order valence-electron chi connectivity index (χ2n) is 4.10. The molecular weight excluding hydrogens is 259 g/mol. The van der Waals surface area contributed by atoms with Crippen LogP contribution < -0.4 is 14.8 Å². The van der Waals surface area contributed by atoms with Crippen LogP contribution in [0.3, 0.4) is 0 Å². The highest BCUT2D eigenvalue weighted by Crippen LogP contribution is 2.34. The van der Waals surface area contributed by atoms with Crippen molar-refractivity contribution in [2.24, 2.45) is 0 Å². The summed E-state index contributed by atoms with van der Waals surface area (Å²) >= 11 is 0. The molecule has 3 nitrogen and oxygen atoms in total. The fourth-order valence-corrected chi connectivity index (χ4v) is 1.68. The van der Waals surface area contributed by atoms with Crippen LogP contribution in [0, 0.1) is 0 Å². The molecule has 1 N–H and O–H groups in total. The van der Waals surface area contributed by atoms with Crippen molar-refractivity contribution < 1.29 is 22.6 Å². The van der Waals surface area contributed by atoms with Gasteiger partial charge >= 0.3 is 6.18 Å². The molecule has 0 spiro atoms. The minimum Gasteiger partial charge on any atom is -0.496 e. The second kappa shape index (κ2) is 6.65. The van der Waals surface area contributed by atoms with Gasteiger partial charge in [0.05, 0.1) is 25.7 Å². The van der Waals surface area contributed by atoms with Crippen LogP contribution in [0.25, 0.3) is 0 Å². The summed E-state index contributed by atoms with van der Waals surface area (Å²) in [6.45, 7) is 1.48. The van der Waals surface area contributed by atoms with Gasteiger partial charge in [0.15, 0.2) is 0 Å². The molecule has 6 heteroatoms. The molecule has 0 bridgehead atoms. The molecule has 0 radical (unpaired) electrons. The van der Waals surface area contributed by atoms with Gasteiger partial charge in [-0.3, -0.25) is 0 Å². The third kappa shape index (κ3) is 4.63. The topological polar surface area (TPSA) is 30.5 Å². The summed E-state index contributed by atoms with van der Waals surface area (Å²) in [6, 6.07) is 4.99. The van der Waals surface area contributed by atoms with Gasteiger partial charge in [-0.2, -0.15) is 13.2 Å². The summed E-state index contributed by atoms with van der Waals surface area (Å²) in [5.41, 5.74) is 0.717. The van der Waals surface area contributed by atoms with E-state index in [0.29, 0.717) is 11.5 Å². The maximum atomic E-state index is 12.1. The number of hydrogen-bond donors (Lipinski definition) is 1. The SMILES string of the molecule is CNC(C)c1c(OC)cccc1OCCC(F)(F)F. The van der Waals surface area contributed by atoms with Gasteiger partial charge in [0, 0.05) is 6.04 Å². The molecule has 0 saturated heterocycles. The normalized spacial score (nSPS) is 13.2. The predicted molar refractivity (Wildman–Crippen MR) is 66.6 cm³/mol.